The monoisotopic (exact) mass is 373 g/mol. The van der Waals surface area contributed by atoms with Crippen LogP contribution in [0.5, 0.6) is 0 Å². The van der Waals surface area contributed by atoms with Crippen molar-refractivity contribution < 1.29 is 9.72 Å². The van der Waals surface area contributed by atoms with E-state index in [1.807, 2.05) is 35.2 Å². The fourth-order valence-electron chi connectivity index (χ4n) is 3.23. The molecule has 1 aliphatic heterocycles. The number of carbonyl (C=O) groups is 1. The number of nitro groups is 1. The maximum absolute atomic E-state index is 12.8. The summed E-state index contributed by atoms with van der Waals surface area (Å²) in [6.45, 7) is 2.06. The van der Waals surface area contributed by atoms with Gasteiger partial charge in [-0.05, 0) is 29.7 Å². The number of rotatable bonds is 5. The number of non-ortho nitro benzene ring substituents is 1. The number of nitrogens with one attached hydrogen (secondary N) is 1. The highest BCUT2D eigenvalue weighted by Crippen LogP contribution is 2.25. The van der Waals surface area contributed by atoms with Gasteiger partial charge < -0.3 is 10.2 Å². The summed E-state index contributed by atoms with van der Waals surface area (Å²) in [5, 5.41) is 14.8. The van der Waals surface area contributed by atoms with Crippen LogP contribution in [0.1, 0.15) is 23.6 Å². The van der Waals surface area contributed by atoms with E-state index >= 15 is 0 Å². The van der Waals surface area contributed by atoms with Crippen molar-refractivity contribution in [1.29, 1.82) is 0 Å². The van der Waals surface area contributed by atoms with Crippen LogP contribution in [0, 0.1) is 10.1 Å². The van der Waals surface area contributed by atoms with Crippen molar-refractivity contribution in [2.45, 2.75) is 18.9 Å². The molecular weight excluding hydrogens is 354 g/mol. The lowest BCUT2D eigenvalue weighted by molar-refractivity contribution is -0.384. The molecular formula is C19H20ClN3O3. The van der Waals surface area contributed by atoms with Gasteiger partial charge in [0, 0.05) is 43.2 Å². The van der Waals surface area contributed by atoms with Gasteiger partial charge in [-0.3, -0.25) is 14.9 Å². The number of nitro benzene ring substituents is 1. The van der Waals surface area contributed by atoms with Crippen LogP contribution in [-0.4, -0.2) is 35.4 Å². The summed E-state index contributed by atoms with van der Waals surface area (Å²) < 4.78 is 0. The van der Waals surface area contributed by atoms with E-state index in [9.17, 15) is 14.9 Å². The summed E-state index contributed by atoms with van der Waals surface area (Å²) >= 11 is 6.09. The summed E-state index contributed by atoms with van der Waals surface area (Å²) in [6.07, 6.45) is 0.797. The number of carbonyl (C=O) groups excluding carboxylic acids is 1. The predicted octanol–water partition coefficient (Wildman–Crippen LogP) is 3.35. The molecule has 2 aromatic rings. The Bertz CT molecular complexity index is 812. The molecule has 26 heavy (non-hydrogen) atoms. The average Bonchev–Trinajstić information content (AvgIpc) is 2.66. The molecule has 0 saturated carbocycles. The SMILES string of the molecule is O=C(CCc1cccc([N+](=O)[O-])c1)N1CCNCC1c1cccc(Cl)c1. The molecule has 2 aromatic carbocycles. The molecule has 3 rings (SSSR count). The van der Waals surface area contributed by atoms with Gasteiger partial charge in [-0.15, -0.1) is 0 Å². The van der Waals surface area contributed by atoms with Crippen LogP contribution in [0.4, 0.5) is 5.69 Å². The maximum Gasteiger partial charge on any atom is 0.269 e. The minimum atomic E-state index is -0.420. The van der Waals surface area contributed by atoms with Crippen LogP contribution < -0.4 is 5.32 Å². The third kappa shape index (κ3) is 4.39. The van der Waals surface area contributed by atoms with E-state index in [0.29, 0.717) is 31.0 Å². The molecule has 1 heterocycles. The van der Waals surface area contributed by atoms with Gasteiger partial charge in [0.05, 0.1) is 11.0 Å². The second kappa shape index (κ2) is 8.29. The third-order valence-electron chi connectivity index (χ3n) is 4.55. The van der Waals surface area contributed by atoms with Gasteiger partial charge in [0.1, 0.15) is 0 Å². The van der Waals surface area contributed by atoms with Crippen LogP contribution in [0.25, 0.3) is 0 Å². The average molecular weight is 374 g/mol. The number of nitrogens with zero attached hydrogens (tertiary/aromatic N) is 2. The molecule has 7 heteroatoms. The number of halogens is 1. The van der Waals surface area contributed by atoms with E-state index in [-0.39, 0.29) is 17.6 Å². The molecule has 136 valence electrons. The van der Waals surface area contributed by atoms with Crippen LogP contribution in [0.15, 0.2) is 48.5 Å². The molecule has 6 nitrogen and oxygen atoms in total. The number of amides is 1. The van der Waals surface area contributed by atoms with Gasteiger partial charge in [-0.2, -0.15) is 0 Å². The summed E-state index contributed by atoms with van der Waals surface area (Å²) in [5.74, 6) is 0.0444. The minimum Gasteiger partial charge on any atom is -0.333 e. The zero-order chi connectivity index (χ0) is 18.5. The fourth-order valence-corrected chi connectivity index (χ4v) is 3.43. The molecule has 0 bridgehead atoms. The molecule has 0 aliphatic carbocycles. The van der Waals surface area contributed by atoms with Crippen molar-refractivity contribution in [3.05, 3.63) is 74.8 Å². The Morgan fingerprint density at radius 2 is 2.08 bits per heavy atom. The standard InChI is InChI=1S/C19H20ClN3O3/c20-16-5-2-4-15(12-16)18-13-21-9-10-22(18)19(24)8-7-14-3-1-6-17(11-14)23(25)26/h1-6,11-12,18,21H,7-10,13H2. The lowest BCUT2D eigenvalue weighted by Gasteiger charge is -2.36. The van der Waals surface area contributed by atoms with Crippen molar-refractivity contribution in [2.75, 3.05) is 19.6 Å². The molecule has 1 saturated heterocycles. The quantitative estimate of drug-likeness (QED) is 0.644. The molecule has 1 fully saturated rings. The van der Waals surface area contributed by atoms with Gasteiger partial charge in [0.15, 0.2) is 0 Å². The number of benzene rings is 2. The molecule has 1 unspecified atom stereocenters. The van der Waals surface area contributed by atoms with E-state index in [0.717, 1.165) is 17.7 Å². The Morgan fingerprint density at radius 1 is 1.27 bits per heavy atom. The Morgan fingerprint density at radius 3 is 2.85 bits per heavy atom. The van der Waals surface area contributed by atoms with E-state index in [1.165, 1.54) is 12.1 Å². The molecule has 1 aliphatic rings. The Hall–Kier alpha value is -2.44. The highest BCUT2D eigenvalue weighted by Gasteiger charge is 2.27. The summed E-state index contributed by atoms with van der Waals surface area (Å²) in [7, 11) is 0. The molecule has 0 aromatic heterocycles. The van der Waals surface area contributed by atoms with E-state index in [1.54, 1.807) is 6.07 Å². The zero-order valence-electron chi connectivity index (χ0n) is 14.2. The number of hydrogen-bond acceptors (Lipinski definition) is 4. The van der Waals surface area contributed by atoms with Crippen molar-refractivity contribution in [3.8, 4) is 0 Å². The third-order valence-corrected chi connectivity index (χ3v) is 4.78. The van der Waals surface area contributed by atoms with Gasteiger partial charge in [0.2, 0.25) is 5.91 Å². The number of hydrogen-bond donors (Lipinski definition) is 1. The Kier molecular flexibility index (Phi) is 5.85. The summed E-state index contributed by atoms with van der Waals surface area (Å²) in [4.78, 5) is 25.1. The first-order chi connectivity index (χ1) is 12.5. The van der Waals surface area contributed by atoms with Crippen molar-refractivity contribution in [3.63, 3.8) is 0 Å². The second-order valence-electron chi connectivity index (χ2n) is 6.29. The summed E-state index contributed by atoms with van der Waals surface area (Å²) in [5.41, 5.74) is 1.85. The van der Waals surface area contributed by atoms with Gasteiger partial charge in [-0.25, -0.2) is 0 Å². The van der Waals surface area contributed by atoms with Crippen LogP contribution in [-0.2, 0) is 11.2 Å². The Labute approximate surface area is 156 Å². The minimum absolute atomic E-state index is 0.0444. The lowest BCUT2D eigenvalue weighted by Crippen LogP contribution is -2.48. The Balaban J connectivity index is 1.69. The zero-order valence-corrected chi connectivity index (χ0v) is 15.0. The highest BCUT2D eigenvalue weighted by molar-refractivity contribution is 6.30. The fraction of sp³-hybridized carbons (Fsp3) is 0.316. The lowest BCUT2D eigenvalue weighted by atomic mass is 10.0. The van der Waals surface area contributed by atoms with Crippen molar-refractivity contribution in [2.24, 2.45) is 0 Å². The molecule has 0 spiro atoms. The first-order valence-electron chi connectivity index (χ1n) is 8.53. The number of piperazine rings is 1. The number of aryl methyl sites for hydroxylation is 1. The van der Waals surface area contributed by atoms with Crippen molar-refractivity contribution >= 4 is 23.2 Å². The predicted molar refractivity (Wildman–Crippen MR) is 100 cm³/mol. The topological polar surface area (TPSA) is 75.5 Å². The van der Waals surface area contributed by atoms with Crippen LogP contribution in [0.2, 0.25) is 5.02 Å². The van der Waals surface area contributed by atoms with E-state index < -0.39 is 4.92 Å². The van der Waals surface area contributed by atoms with E-state index in [2.05, 4.69) is 5.32 Å². The second-order valence-corrected chi connectivity index (χ2v) is 6.73. The van der Waals surface area contributed by atoms with Gasteiger partial charge in [0.25, 0.3) is 5.69 Å². The van der Waals surface area contributed by atoms with Gasteiger partial charge >= 0.3 is 0 Å². The highest BCUT2D eigenvalue weighted by atomic mass is 35.5. The smallest absolute Gasteiger partial charge is 0.269 e. The van der Waals surface area contributed by atoms with E-state index in [4.69, 9.17) is 11.6 Å². The summed E-state index contributed by atoms with van der Waals surface area (Å²) in [6, 6.07) is 14.0. The first-order valence-corrected chi connectivity index (χ1v) is 8.91. The van der Waals surface area contributed by atoms with Crippen LogP contribution in [0.3, 0.4) is 0 Å². The maximum atomic E-state index is 12.8. The normalized spacial score (nSPS) is 17.1. The molecule has 1 N–H and O–H groups in total. The van der Waals surface area contributed by atoms with Crippen LogP contribution >= 0.6 is 11.6 Å². The van der Waals surface area contributed by atoms with Crippen molar-refractivity contribution in [1.82, 2.24) is 10.2 Å². The molecule has 0 radical (unpaired) electrons. The molecule has 1 atom stereocenters. The largest absolute Gasteiger partial charge is 0.333 e. The first kappa shape index (κ1) is 18.4. The van der Waals surface area contributed by atoms with Gasteiger partial charge in [-0.1, -0.05) is 35.9 Å². The molecule has 1 amide bonds.